The van der Waals surface area contributed by atoms with Crippen molar-refractivity contribution in [3.63, 3.8) is 0 Å². The lowest BCUT2D eigenvalue weighted by Crippen LogP contribution is -2.40. The van der Waals surface area contributed by atoms with Gasteiger partial charge in [0.05, 0.1) is 12.5 Å². The van der Waals surface area contributed by atoms with Crippen LogP contribution in [0.3, 0.4) is 0 Å². The number of benzene rings is 1. The first kappa shape index (κ1) is 12.7. The Morgan fingerprint density at radius 1 is 1.33 bits per heavy atom. The molecule has 0 aromatic heterocycles. The van der Waals surface area contributed by atoms with E-state index in [0.717, 1.165) is 5.56 Å². The third-order valence-corrected chi connectivity index (χ3v) is 3.09. The summed E-state index contributed by atoms with van der Waals surface area (Å²) in [6, 6.07) is 5.75. The van der Waals surface area contributed by atoms with E-state index in [1.807, 2.05) is 11.8 Å². The smallest absolute Gasteiger partial charge is 0.244 e. The Balaban J connectivity index is 2.07. The summed E-state index contributed by atoms with van der Waals surface area (Å²) < 4.78 is 12.8. The molecule has 5 heteroatoms. The van der Waals surface area contributed by atoms with Crippen molar-refractivity contribution in [2.24, 2.45) is 0 Å². The van der Waals surface area contributed by atoms with Crippen LogP contribution >= 0.6 is 0 Å². The number of hydrogen-bond donors (Lipinski definition) is 1. The molecular formula is C13H15FN2O2. The Morgan fingerprint density at radius 2 is 2.00 bits per heavy atom. The molecular weight excluding hydrogens is 235 g/mol. The van der Waals surface area contributed by atoms with Crippen LogP contribution in [0.4, 0.5) is 4.39 Å². The summed E-state index contributed by atoms with van der Waals surface area (Å²) in [6.07, 6.45) is 0.202. The van der Waals surface area contributed by atoms with Gasteiger partial charge in [-0.15, -0.1) is 0 Å². The first-order valence-electron chi connectivity index (χ1n) is 5.92. The molecule has 18 heavy (non-hydrogen) atoms. The Labute approximate surface area is 105 Å². The highest BCUT2D eigenvalue weighted by Crippen LogP contribution is 2.15. The van der Waals surface area contributed by atoms with Gasteiger partial charge in [0.1, 0.15) is 5.82 Å². The van der Waals surface area contributed by atoms with Crippen LogP contribution in [0.15, 0.2) is 24.3 Å². The maximum Gasteiger partial charge on any atom is 0.244 e. The van der Waals surface area contributed by atoms with Crippen molar-refractivity contribution in [1.82, 2.24) is 10.2 Å². The summed E-state index contributed by atoms with van der Waals surface area (Å²) in [5.41, 5.74) is 0.922. The predicted molar refractivity (Wildman–Crippen MR) is 64.0 cm³/mol. The zero-order chi connectivity index (χ0) is 13.1. The van der Waals surface area contributed by atoms with E-state index in [-0.39, 0.29) is 24.1 Å². The van der Waals surface area contributed by atoms with Crippen molar-refractivity contribution < 1.29 is 14.0 Å². The highest BCUT2D eigenvalue weighted by atomic mass is 19.1. The third-order valence-electron chi connectivity index (χ3n) is 3.09. The molecule has 0 spiro atoms. The molecule has 0 radical (unpaired) electrons. The van der Waals surface area contributed by atoms with Gasteiger partial charge in [-0.2, -0.15) is 0 Å². The van der Waals surface area contributed by atoms with Crippen LogP contribution in [0.1, 0.15) is 18.9 Å². The van der Waals surface area contributed by atoms with E-state index < -0.39 is 6.04 Å². The molecule has 1 atom stereocenters. The fourth-order valence-electron chi connectivity index (χ4n) is 2.10. The van der Waals surface area contributed by atoms with Gasteiger partial charge in [0.25, 0.3) is 0 Å². The zero-order valence-electron chi connectivity index (χ0n) is 10.1. The first-order chi connectivity index (χ1) is 8.60. The van der Waals surface area contributed by atoms with Gasteiger partial charge in [-0.1, -0.05) is 19.1 Å². The standard InChI is InChI=1S/C13H15FN2O2/c1-2-16(11-7-12(17)15-13(11)18)8-9-3-5-10(14)6-4-9/h3-6,11H,2,7-8H2,1H3,(H,15,17,18)/t11-/m1/s1. The molecule has 1 N–H and O–H groups in total. The monoisotopic (exact) mass is 250 g/mol. The van der Waals surface area contributed by atoms with E-state index in [9.17, 15) is 14.0 Å². The number of carbonyl (C=O) groups is 2. The molecule has 0 bridgehead atoms. The fourth-order valence-corrected chi connectivity index (χ4v) is 2.10. The van der Waals surface area contributed by atoms with E-state index in [1.165, 1.54) is 12.1 Å². The quantitative estimate of drug-likeness (QED) is 0.813. The van der Waals surface area contributed by atoms with Crippen LogP contribution in [-0.4, -0.2) is 29.3 Å². The summed E-state index contributed by atoms with van der Waals surface area (Å²) in [5, 5.41) is 2.30. The Bertz CT molecular complexity index is 459. The molecule has 0 saturated carbocycles. The molecule has 4 nitrogen and oxygen atoms in total. The molecule has 1 aromatic rings. The average molecular weight is 250 g/mol. The average Bonchev–Trinajstić information content (AvgIpc) is 2.68. The van der Waals surface area contributed by atoms with E-state index in [1.54, 1.807) is 12.1 Å². The number of nitrogens with zero attached hydrogens (tertiary/aromatic N) is 1. The van der Waals surface area contributed by atoms with Gasteiger partial charge in [-0.25, -0.2) is 4.39 Å². The van der Waals surface area contributed by atoms with Gasteiger partial charge in [-0.05, 0) is 24.2 Å². The molecule has 1 aliphatic rings. The van der Waals surface area contributed by atoms with Crippen LogP contribution < -0.4 is 5.32 Å². The van der Waals surface area contributed by atoms with Crippen molar-refractivity contribution in [2.75, 3.05) is 6.54 Å². The molecule has 1 aliphatic heterocycles. The van der Waals surface area contributed by atoms with Crippen LogP contribution in [0.25, 0.3) is 0 Å². The molecule has 0 aliphatic carbocycles. The van der Waals surface area contributed by atoms with Gasteiger partial charge in [0.2, 0.25) is 11.8 Å². The number of rotatable bonds is 4. The second-order valence-electron chi connectivity index (χ2n) is 4.32. The van der Waals surface area contributed by atoms with Crippen LogP contribution in [0, 0.1) is 5.82 Å². The fraction of sp³-hybridized carbons (Fsp3) is 0.385. The molecule has 0 unspecified atom stereocenters. The number of amides is 2. The van der Waals surface area contributed by atoms with Crippen LogP contribution in [0.2, 0.25) is 0 Å². The molecule has 2 amide bonds. The van der Waals surface area contributed by atoms with Crippen LogP contribution in [0.5, 0.6) is 0 Å². The minimum absolute atomic E-state index is 0.202. The Hall–Kier alpha value is -1.75. The van der Waals surface area contributed by atoms with Crippen molar-refractivity contribution in [3.05, 3.63) is 35.6 Å². The number of halogens is 1. The van der Waals surface area contributed by atoms with Gasteiger partial charge >= 0.3 is 0 Å². The lowest BCUT2D eigenvalue weighted by Gasteiger charge is -2.24. The number of carbonyl (C=O) groups excluding carboxylic acids is 2. The Kier molecular flexibility index (Phi) is 3.72. The second kappa shape index (κ2) is 5.27. The van der Waals surface area contributed by atoms with E-state index in [4.69, 9.17) is 0 Å². The maximum atomic E-state index is 12.8. The van der Waals surface area contributed by atoms with Crippen molar-refractivity contribution in [1.29, 1.82) is 0 Å². The van der Waals surface area contributed by atoms with Gasteiger partial charge in [0.15, 0.2) is 0 Å². The normalized spacial score (nSPS) is 19.4. The minimum atomic E-state index is -0.410. The number of hydrogen-bond acceptors (Lipinski definition) is 3. The number of imide groups is 1. The highest BCUT2D eigenvalue weighted by Gasteiger charge is 2.34. The summed E-state index contributed by atoms with van der Waals surface area (Å²) in [5.74, 6) is -0.762. The lowest BCUT2D eigenvalue weighted by atomic mass is 10.1. The molecule has 1 heterocycles. The topological polar surface area (TPSA) is 49.4 Å². The van der Waals surface area contributed by atoms with Gasteiger partial charge < -0.3 is 0 Å². The number of likely N-dealkylation sites (N-methyl/N-ethyl adjacent to an activating group) is 1. The summed E-state index contributed by atoms with van der Waals surface area (Å²) >= 11 is 0. The third kappa shape index (κ3) is 2.73. The first-order valence-corrected chi connectivity index (χ1v) is 5.92. The molecule has 1 aromatic carbocycles. The Morgan fingerprint density at radius 3 is 2.50 bits per heavy atom. The van der Waals surface area contributed by atoms with Gasteiger partial charge in [0, 0.05) is 6.54 Å². The highest BCUT2D eigenvalue weighted by molar-refractivity contribution is 6.05. The largest absolute Gasteiger partial charge is 0.295 e. The summed E-state index contributed by atoms with van der Waals surface area (Å²) in [4.78, 5) is 24.7. The van der Waals surface area contributed by atoms with Crippen molar-refractivity contribution in [2.45, 2.75) is 25.9 Å². The minimum Gasteiger partial charge on any atom is -0.295 e. The molecule has 1 fully saturated rings. The second-order valence-corrected chi connectivity index (χ2v) is 4.32. The van der Waals surface area contributed by atoms with Crippen LogP contribution in [-0.2, 0) is 16.1 Å². The number of nitrogens with one attached hydrogen (secondary N) is 1. The van der Waals surface area contributed by atoms with Gasteiger partial charge in [-0.3, -0.25) is 19.8 Å². The molecule has 96 valence electrons. The lowest BCUT2D eigenvalue weighted by molar-refractivity contribution is -0.126. The summed E-state index contributed by atoms with van der Waals surface area (Å²) in [6.45, 7) is 3.12. The SMILES string of the molecule is CCN(Cc1ccc(F)cc1)[C@@H]1CC(=O)NC1=O. The predicted octanol–water partition coefficient (Wildman–Crippen LogP) is 1.06. The zero-order valence-corrected chi connectivity index (χ0v) is 10.1. The summed E-state index contributed by atoms with van der Waals surface area (Å²) in [7, 11) is 0. The van der Waals surface area contributed by atoms with E-state index in [0.29, 0.717) is 13.1 Å². The van der Waals surface area contributed by atoms with E-state index in [2.05, 4.69) is 5.32 Å². The van der Waals surface area contributed by atoms with Crippen molar-refractivity contribution >= 4 is 11.8 Å². The van der Waals surface area contributed by atoms with Crippen molar-refractivity contribution in [3.8, 4) is 0 Å². The maximum absolute atomic E-state index is 12.8. The van der Waals surface area contributed by atoms with E-state index >= 15 is 0 Å². The molecule has 2 rings (SSSR count). The molecule has 1 saturated heterocycles.